The van der Waals surface area contributed by atoms with Gasteiger partial charge >= 0.3 is 0 Å². The minimum absolute atomic E-state index is 0.0372. The number of rotatable bonds is 8. The van der Waals surface area contributed by atoms with Crippen LogP contribution in [0.25, 0.3) is 0 Å². The van der Waals surface area contributed by atoms with E-state index >= 15 is 0 Å². The highest BCUT2D eigenvalue weighted by molar-refractivity contribution is 5.75. The van der Waals surface area contributed by atoms with Gasteiger partial charge in [-0.25, -0.2) is 4.68 Å². The normalized spacial score (nSPS) is 10.8. The number of hydrogen-bond acceptors (Lipinski definition) is 5. The summed E-state index contributed by atoms with van der Waals surface area (Å²) < 4.78 is 6.79. The lowest BCUT2D eigenvalue weighted by Crippen LogP contribution is -2.29. The molecule has 114 valence electrons. The number of amides is 1. The molecule has 0 saturated heterocycles. The molecule has 2 heterocycles. The molecular weight excluding hydrogens is 270 g/mol. The topological polar surface area (TPSA) is 90.2 Å². The largest absolute Gasteiger partial charge is 0.467 e. The van der Waals surface area contributed by atoms with E-state index in [9.17, 15) is 4.79 Å². The number of nitrogens with two attached hydrogens (primary N) is 1. The van der Waals surface area contributed by atoms with Gasteiger partial charge in [0.1, 0.15) is 12.3 Å². The van der Waals surface area contributed by atoms with Gasteiger partial charge in [-0.05, 0) is 37.9 Å². The molecule has 0 atom stereocenters. The Hall–Kier alpha value is -2.15. The maximum atomic E-state index is 12.1. The van der Waals surface area contributed by atoms with Crippen molar-refractivity contribution in [2.24, 2.45) is 5.73 Å². The summed E-state index contributed by atoms with van der Waals surface area (Å²) in [5.41, 5.74) is 6.35. The first kappa shape index (κ1) is 15.2. The van der Waals surface area contributed by atoms with Crippen molar-refractivity contribution in [3.8, 4) is 0 Å². The lowest BCUT2D eigenvalue weighted by molar-refractivity contribution is -0.131. The molecule has 0 aromatic carbocycles. The van der Waals surface area contributed by atoms with E-state index < -0.39 is 0 Å². The van der Waals surface area contributed by atoms with Crippen molar-refractivity contribution in [3.05, 3.63) is 36.0 Å². The zero-order chi connectivity index (χ0) is 15.1. The van der Waals surface area contributed by atoms with Crippen LogP contribution in [-0.4, -0.2) is 39.4 Å². The molecule has 0 aliphatic heterocycles. The quantitative estimate of drug-likeness (QED) is 0.727. The van der Waals surface area contributed by atoms with E-state index in [1.807, 2.05) is 12.3 Å². The molecule has 1 amide bonds. The molecule has 0 bridgehead atoms. The second-order valence-corrected chi connectivity index (χ2v) is 4.98. The van der Waals surface area contributed by atoms with Crippen molar-refractivity contribution in [1.29, 1.82) is 0 Å². The number of carbonyl (C=O) groups is 1. The van der Waals surface area contributed by atoms with Crippen LogP contribution in [0.2, 0.25) is 0 Å². The van der Waals surface area contributed by atoms with Crippen LogP contribution in [0.4, 0.5) is 0 Å². The van der Waals surface area contributed by atoms with Gasteiger partial charge in [0.05, 0.1) is 18.5 Å². The smallest absolute Gasteiger partial charge is 0.244 e. The van der Waals surface area contributed by atoms with Crippen LogP contribution < -0.4 is 5.73 Å². The molecular formula is C14H21N5O2. The summed E-state index contributed by atoms with van der Waals surface area (Å²) in [5.74, 6) is 0.719. The summed E-state index contributed by atoms with van der Waals surface area (Å²) in [6.45, 7) is 1.31. The first-order valence-electron chi connectivity index (χ1n) is 7.04. The Morgan fingerprint density at radius 2 is 2.33 bits per heavy atom. The predicted octanol–water partition coefficient (Wildman–Crippen LogP) is 0.811. The van der Waals surface area contributed by atoms with Crippen molar-refractivity contribution < 1.29 is 9.21 Å². The third-order valence-corrected chi connectivity index (χ3v) is 3.17. The highest BCUT2D eigenvalue weighted by atomic mass is 16.3. The number of aromatic nitrogens is 3. The van der Waals surface area contributed by atoms with Crippen molar-refractivity contribution in [2.75, 3.05) is 13.6 Å². The lowest BCUT2D eigenvalue weighted by Gasteiger charge is -2.15. The van der Waals surface area contributed by atoms with Crippen LogP contribution in [0, 0.1) is 0 Å². The molecule has 0 radical (unpaired) electrons. The maximum Gasteiger partial charge on any atom is 0.244 e. The Bertz CT molecular complexity index is 549. The Morgan fingerprint density at radius 3 is 3.05 bits per heavy atom. The molecule has 2 rings (SSSR count). The summed E-state index contributed by atoms with van der Waals surface area (Å²) in [6, 6.07) is 3.65. The summed E-state index contributed by atoms with van der Waals surface area (Å²) in [5, 5.41) is 8.04. The van der Waals surface area contributed by atoms with E-state index in [0.29, 0.717) is 13.1 Å². The van der Waals surface area contributed by atoms with Crippen LogP contribution in [0.15, 0.2) is 29.0 Å². The molecule has 0 unspecified atom stereocenters. The highest BCUT2D eigenvalue weighted by Crippen LogP contribution is 2.05. The summed E-state index contributed by atoms with van der Waals surface area (Å²) in [4.78, 5) is 13.7. The molecule has 0 aliphatic rings. The second kappa shape index (κ2) is 7.58. The van der Waals surface area contributed by atoms with Gasteiger partial charge in [-0.1, -0.05) is 5.21 Å². The van der Waals surface area contributed by atoms with Gasteiger partial charge in [0.15, 0.2) is 0 Å². The number of nitrogens with zero attached hydrogens (tertiary/aromatic N) is 4. The first-order chi connectivity index (χ1) is 10.2. The van der Waals surface area contributed by atoms with Gasteiger partial charge in [-0.2, -0.15) is 0 Å². The van der Waals surface area contributed by atoms with Gasteiger partial charge in [0.2, 0.25) is 5.91 Å². The van der Waals surface area contributed by atoms with Crippen molar-refractivity contribution in [2.45, 2.75) is 32.4 Å². The number of carbonyl (C=O) groups excluding carboxylic acids is 1. The fraction of sp³-hybridized carbons (Fsp3) is 0.500. The Morgan fingerprint density at radius 1 is 1.48 bits per heavy atom. The molecule has 0 spiro atoms. The predicted molar refractivity (Wildman–Crippen MR) is 77.2 cm³/mol. The van der Waals surface area contributed by atoms with Crippen LogP contribution in [0.1, 0.15) is 24.3 Å². The minimum Gasteiger partial charge on any atom is -0.467 e. The Kier molecular flexibility index (Phi) is 5.51. The number of hydrogen-bond donors (Lipinski definition) is 1. The molecule has 0 saturated carbocycles. The summed E-state index contributed by atoms with van der Waals surface area (Å²) >= 11 is 0. The Labute approximate surface area is 123 Å². The number of likely N-dealkylation sites (N-methyl/N-ethyl adjacent to an activating group) is 1. The molecule has 7 nitrogen and oxygen atoms in total. The van der Waals surface area contributed by atoms with Gasteiger partial charge in [0.25, 0.3) is 0 Å². The van der Waals surface area contributed by atoms with Gasteiger partial charge in [-0.3, -0.25) is 4.79 Å². The van der Waals surface area contributed by atoms with Crippen molar-refractivity contribution in [3.63, 3.8) is 0 Å². The van der Waals surface area contributed by atoms with Crippen LogP contribution in [0.5, 0.6) is 0 Å². The van der Waals surface area contributed by atoms with E-state index in [0.717, 1.165) is 30.7 Å². The number of aryl methyl sites for hydroxylation is 1. The van der Waals surface area contributed by atoms with E-state index in [1.165, 1.54) is 0 Å². The standard InChI is InChI=1S/C14H21N5O2/c1-18(10-13-6-4-8-21-13)14(20)11-19-9-12(16-17-19)5-2-3-7-15/h4,6,8-9H,2-3,5,7,10-11,15H2,1H3. The van der Waals surface area contributed by atoms with Crippen molar-refractivity contribution in [1.82, 2.24) is 19.9 Å². The minimum atomic E-state index is -0.0372. The second-order valence-electron chi connectivity index (χ2n) is 4.98. The SMILES string of the molecule is CN(Cc1ccco1)C(=O)Cn1cc(CCCCN)nn1. The molecule has 0 fully saturated rings. The summed E-state index contributed by atoms with van der Waals surface area (Å²) in [7, 11) is 1.74. The molecule has 0 aliphatic carbocycles. The fourth-order valence-electron chi connectivity index (χ4n) is 1.96. The lowest BCUT2D eigenvalue weighted by atomic mass is 10.2. The van der Waals surface area contributed by atoms with Gasteiger partial charge < -0.3 is 15.1 Å². The van der Waals surface area contributed by atoms with Gasteiger partial charge in [-0.15, -0.1) is 5.10 Å². The first-order valence-corrected chi connectivity index (χ1v) is 7.04. The third kappa shape index (κ3) is 4.71. The zero-order valence-corrected chi connectivity index (χ0v) is 12.2. The molecule has 21 heavy (non-hydrogen) atoms. The van der Waals surface area contributed by atoms with E-state index in [1.54, 1.807) is 29.0 Å². The van der Waals surface area contributed by atoms with Crippen LogP contribution in [-0.2, 0) is 24.3 Å². The molecule has 7 heteroatoms. The summed E-state index contributed by atoms with van der Waals surface area (Å²) in [6.07, 6.45) is 6.21. The number of unbranched alkanes of at least 4 members (excludes halogenated alkanes) is 1. The monoisotopic (exact) mass is 291 g/mol. The van der Waals surface area contributed by atoms with Crippen LogP contribution >= 0.6 is 0 Å². The van der Waals surface area contributed by atoms with Crippen molar-refractivity contribution >= 4 is 5.91 Å². The van der Waals surface area contributed by atoms with E-state index in [-0.39, 0.29) is 12.5 Å². The Balaban J connectivity index is 1.81. The molecule has 2 N–H and O–H groups in total. The third-order valence-electron chi connectivity index (χ3n) is 3.17. The molecule has 2 aromatic rings. The average Bonchev–Trinajstić information content (AvgIpc) is 3.11. The van der Waals surface area contributed by atoms with Gasteiger partial charge in [0, 0.05) is 13.2 Å². The van der Waals surface area contributed by atoms with Crippen LogP contribution in [0.3, 0.4) is 0 Å². The zero-order valence-electron chi connectivity index (χ0n) is 12.2. The van der Waals surface area contributed by atoms with E-state index in [2.05, 4.69) is 10.3 Å². The fourth-order valence-corrected chi connectivity index (χ4v) is 1.96. The molecule has 2 aromatic heterocycles. The number of furan rings is 1. The van der Waals surface area contributed by atoms with E-state index in [4.69, 9.17) is 10.2 Å². The average molecular weight is 291 g/mol. The maximum absolute atomic E-state index is 12.1. The highest BCUT2D eigenvalue weighted by Gasteiger charge is 2.12.